The monoisotopic (exact) mass is 1380 g/mol. The van der Waals surface area contributed by atoms with Gasteiger partial charge in [-0.2, -0.15) is 0 Å². The lowest BCUT2D eigenvalue weighted by molar-refractivity contribution is -0.890. The Morgan fingerprint density at radius 2 is 0.602 bits per heavy atom. The predicted octanol–water partition coefficient (Wildman–Crippen LogP) is 13.6. The number of unbranched alkanes of at least 4 members (excludes halogenated alkanes) is 30. The fraction of sp³-hybridized carbons (Fsp3) is 0.676. The van der Waals surface area contributed by atoms with Crippen molar-refractivity contribution in [2.24, 2.45) is 0 Å². The van der Waals surface area contributed by atoms with Gasteiger partial charge in [0, 0.05) is 106 Å². The molecule has 4 aromatic carbocycles. The van der Waals surface area contributed by atoms with E-state index in [-0.39, 0.29) is 70.7 Å². The first kappa shape index (κ1) is 77.3. The van der Waals surface area contributed by atoms with Crippen LogP contribution in [-0.2, 0) is 0 Å². The van der Waals surface area contributed by atoms with E-state index in [0.29, 0.717) is 33.8 Å². The number of nitrogens with zero attached hydrogens (tertiary/aromatic N) is 4. The molecule has 4 amide bonds. The molecule has 0 saturated carbocycles. The van der Waals surface area contributed by atoms with Crippen LogP contribution in [0.4, 0.5) is 11.4 Å². The Hall–Kier alpha value is -3.14. The van der Waals surface area contributed by atoms with E-state index in [1.165, 1.54) is 228 Å². The number of rotatable bonds is 51. The molecule has 6 rings (SSSR count). The van der Waals surface area contributed by atoms with E-state index >= 15 is 0 Å². The van der Waals surface area contributed by atoms with Crippen LogP contribution in [0.1, 0.15) is 274 Å². The van der Waals surface area contributed by atoms with Crippen LogP contribution in [0, 0.1) is 0 Å². The first-order valence-electron chi connectivity index (χ1n) is 35.1. The van der Waals surface area contributed by atoms with E-state index in [0.717, 1.165) is 80.9 Å². The summed E-state index contributed by atoms with van der Waals surface area (Å²) in [7, 11) is 12.5. The molecule has 0 radical (unpaired) electrons. The number of carbonyl (C=O) groups is 4. The van der Waals surface area contributed by atoms with Crippen molar-refractivity contribution in [1.29, 1.82) is 0 Å². The number of hydrogen-bond donors (Lipinski definition) is 2. The molecular weight excluding hydrogens is 1260 g/mol. The highest BCUT2D eigenvalue weighted by atomic mass is 79.9. The Balaban J connectivity index is 0.00000828. The molecule has 0 aliphatic carbocycles. The number of halogens is 2. The second-order valence-electron chi connectivity index (χ2n) is 26.9. The molecule has 0 aromatic heterocycles. The Bertz CT molecular complexity index is 2440. The van der Waals surface area contributed by atoms with Crippen LogP contribution in [0.25, 0.3) is 21.5 Å². The molecule has 2 heterocycles. The van der Waals surface area contributed by atoms with Crippen LogP contribution in [0.3, 0.4) is 0 Å². The van der Waals surface area contributed by atoms with E-state index in [1.807, 2.05) is 60.7 Å². The molecular formula is C74H118Br2N6O4S2. The molecule has 0 bridgehead atoms. The lowest BCUT2D eigenvalue weighted by Gasteiger charge is -2.30. The molecule has 14 heteroatoms. The fourth-order valence-electron chi connectivity index (χ4n) is 13.2. The average molecular weight is 1380 g/mol. The minimum atomic E-state index is -0.265. The summed E-state index contributed by atoms with van der Waals surface area (Å²) in [5, 5.41) is 10.6. The first-order chi connectivity index (χ1) is 41.9. The van der Waals surface area contributed by atoms with Crippen molar-refractivity contribution < 1.29 is 62.1 Å². The maximum atomic E-state index is 13.9. The molecule has 2 N–H and O–H groups in total. The molecule has 2 aliphatic rings. The summed E-state index contributed by atoms with van der Waals surface area (Å²) in [6.45, 7) is 11.3. The molecule has 0 saturated heterocycles. The second kappa shape index (κ2) is 43.6. The smallest absolute Gasteiger partial charge is 0.261 e. The van der Waals surface area contributed by atoms with Gasteiger partial charge in [0.15, 0.2) is 0 Å². The molecule has 0 fully saturated rings. The van der Waals surface area contributed by atoms with Crippen LogP contribution in [0.15, 0.2) is 60.7 Å². The predicted molar refractivity (Wildman–Crippen MR) is 373 cm³/mol. The highest BCUT2D eigenvalue weighted by molar-refractivity contribution is 8.76. The highest BCUT2D eigenvalue weighted by Gasteiger charge is 2.35. The molecule has 494 valence electrons. The summed E-state index contributed by atoms with van der Waals surface area (Å²) in [6.07, 6.45) is 46.6. The topological polar surface area (TPSA) is 98.8 Å². The average Bonchev–Trinajstić information content (AvgIpc) is 1.85. The van der Waals surface area contributed by atoms with Gasteiger partial charge in [0.25, 0.3) is 23.6 Å². The summed E-state index contributed by atoms with van der Waals surface area (Å²) in [5.74, 6) is -0.00982. The van der Waals surface area contributed by atoms with Gasteiger partial charge < -0.3 is 53.6 Å². The van der Waals surface area contributed by atoms with Crippen molar-refractivity contribution in [1.82, 2.24) is 9.80 Å². The van der Waals surface area contributed by atoms with Crippen molar-refractivity contribution in [2.75, 3.05) is 103 Å². The van der Waals surface area contributed by atoms with Crippen molar-refractivity contribution in [3.63, 3.8) is 0 Å². The van der Waals surface area contributed by atoms with Gasteiger partial charge in [-0.1, -0.05) is 239 Å². The molecule has 2 aliphatic heterocycles. The fourth-order valence-corrected chi connectivity index (χ4v) is 15.1. The standard InChI is InChI=1S/C74H116N6O4S2.2BrH/c1-7-9-11-13-15-17-19-21-23-25-27-29-31-33-35-37-55-79(3,4)57-41-51-75-67-49-47-65-69-61(67)43-39-45-63(69)71(81)77(73(65)83)53-59-85-86-60-54-78-72(82)64-46-40-44-62-68(50-48-66(70(62)64)74(78)84)76-52-42-58-80(5,6)56-38-36-34-32-30-28-26-24-22-20-18-16-14-12-10-8-2;;/h39-40,43-50H,7-38,41-42,51-60H2,1-6H3;2*1H. The van der Waals surface area contributed by atoms with Crippen LogP contribution in [0.5, 0.6) is 0 Å². The zero-order valence-electron chi connectivity index (χ0n) is 55.9. The van der Waals surface area contributed by atoms with Crippen molar-refractivity contribution >= 4 is 78.1 Å². The third kappa shape index (κ3) is 26.1. The molecule has 0 unspecified atom stereocenters. The minimum absolute atomic E-state index is 0. The molecule has 4 aromatic rings. The Morgan fingerprint density at radius 3 is 0.898 bits per heavy atom. The Kier molecular flexibility index (Phi) is 38.3. The van der Waals surface area contributed by atoms with E-state index in [9.17, 15) is 19.2 Å². The van der Waals surface area contributed by atoms with Crippen molar-refractivity contribution in [3.05, 3.63) is 82.9 Å². The number of nitrogens with one attached hydrogen (secondary N) is 2. The summed E-state index contributed by atoms with van der Waals surface area (Å²) < 4.78 is 2.03. The number of benzene rings is 4. The summed E-state index contributed by atoms with van der Waals surface area (Å²) in [5.41, 5.74) is 4.15. The summed E-state index contributed by atoms with van der Waals surface area (Å²) in [6, 6.07) is 19.3. The van der Waals surface area contributed by atoms with Gasteiger partial charge >= 0.3 is 0 Å². The number of imide groups is 2. The third-order valence-corrected chi connectivity index (χ3v) is 21.0. The van der Waals surface area contributed by atoms with Crippen LogP contribution >= 0.6 is 21.6 Å². The zero-order valence-corrected chi connectivity index (χ0v) is 60.7. The largest absolute Gasteiger partial charge is 1.00 e. The Morgan fingerprint density at radius 1 is 0.341 bits per heavy atom. The maximum Gasteiger partial charge on any atom is 0.261 e. The first-order valence-corrected chi connectivity index (χ1v) is 37.6. The highest BCUT2D eigenvalue weighted by Crippen LogP contribution is 2.37. The number of amides is 4. The number of carbonyl (C=O) groups excluding carboxylic acids is 4. The molecule has 0 atom stereocenters. The molecule has 10 nitrogen and oxygen atoms in total. The third-order valence-electron chi connectivity index (χ3n) is 18.6. The molecule has 88 heavy (non-hydrogen) atoms. The minimum Gasteiger partial charge on any atom is -1.00 e. The van der Waals surface area contributed by atoms with Gasteiger partial charge in [-0.3, -0.25) is 29.0 Å². The van der Waals surface area contributed by atoms with E-state index in [4.69, 9.17) is 0 Å². The van der Waals surface area contributed by atoms with E-state index in [1.54, 1.807) is 21.6 Å². The van der Waals surface area contributed by atoms with Gasteiger partial charge in [-0.05, 0) is 62.1 Å². The van der Waals surface area contributed by atoms with Crippen LogP contribution < -0.4 is 44.6 Å². The zero-order chi connectivity index (χ0) is 61.2. The van der Waals surface area contributed by atoms with E-state index in [2.05, 4.69) is 52.7 Å². The van der Waals surface area contributed by atoms with Gasteiger partial charge in [0.05, 0.1) is 54.4 Å². The van der Waals surface area contributed by atoms with Crippen molar-refractivity contribution in [2.45, 2.75) is 232 Å². The normalized spacial score (nSPS) is 13.2. The number of hydrogen-bond acceptors (Lipinski definition) is 8. The van der Waals surface area contributed by atoms with Gasteiger partial charge in [-0.15, -0.1) is 0 Å². The lowest BCUT2D eigenvalue weighted by atomic mass is 9.93. The van der Waals surface area contributed by atoms with Gasteiger partial charge in [0.2, 0.25) is 0 Å². The quantitative estimate of drug-likeness (QED) is 0.0195. The molecule has 0 spiro atoms. The summed E-state index contributed by atoms with van der Waals surface area (Å²) in [4.78, 5) is 58.5. The number of anilines is 2. The second-order valence-corrected chi connectivity index (χ2v) is 29.6. The maximum absolute atomic E-state index is 13.9. The van der Waals surface area contributed by atoms with Gasteiger partial charge in [0.1, 0.15) is 0 Å². The van der Waals surface area contributed by atoms with Crippen LogP contribution in [0.2, 0.25) is 0 Å². The Labute approximate surface area is 563 Å². The summed E-state index contributed by atoms with van der Waals surface area (Å²) >= 11 is 0. The van der Waals surface area contributed by atoms with Crippen molar-refractivity contribution in [3.8, 4) is 0 Å². The lowest BCUT2D eigenvalue weighted by Crippen LogP contribution is -3.00. The van der Waals surface area contributed by atoms with Gasteiger partial charge in [-0.25, -0.2) is 0 Å². The van der Waals surface area contributed by atoms with E-state index < -0.39 is 0 Å². The number of quaternary nitrogens is 2. The van der Waals surface area contributed by atoms with Crippen LogP contribution in [-0.4, -0.2) is 134 Å². The SMILES string of the molecule is CCCCCCCCCCCCCCCCCC[N+](C)(C)CCCNc1ccc2c3c(cccc13)C(=O)N(CCSSCCN1C(=O)c3cccc4c(NCCC[N+](C)(C)CCCCCCCCCCCCCCCCCC)ccc(c34)C1=O)C2=O.[Br-].[Br-].